The lowest BCUT2D eigenvalue weighted by Gasteiger charge is -2.05. The van der Waals surface area contributed by atoms with Crippen molar-refractivity contribution in [2.45, 2.75) is 12.8 Å². The van der Waals surface area contributed by atoms with E-state index in [0.717, 1.165) is 22.4 Å². The minimum Gasteiger partial charge on any atom is -0.497 e. The number of Topliss-reactive ketones (excluding diaryl/α,β-unsaturated/α-hetero) is 2. The van der Waals surface area contributed by atoms with E-state index < -0.39 is 11.6 Å². The molecular weight excluding hydrogens is 326 g/mol. The predicted molar refractivity (Wildman–Crippen MR) is 89.5 cm³/mol. The van der Waals surface area contributed by atoms with Crippen LogP contribution in [0.15, 0.2) is 41.4 Å². The van der Waals surface area contributed by atoms with Crippen molar-refractivity contribution in [1.29, 1.82) is 0 Å². The number of nitrogens with zero attached hydrogens (tertiary/aromatic N) is 2. The molecule has 0 saturated heterocycles. The minimum atomic E-state index is -0.669. The van der Waals surface area contributed by atoms with Gasteiger partial charge in [-0.3, -0.25) is 14.7 Å². The first kappa shape index (κ1) is 16.1. The van der Waals surface area contributed by atoms with Gasteiger partial charge in [0.25, 0.3) is 5.78 Å². The number of benzene rings is 1. The van der Waals surface area contributed by atoms with Crippen LogP contribution in [0.1, 0.15) is 27.3 Å². The van der Waals surface area contributed by atoms with Crippen LogP contribution in [0.5, 0.6) is 5.75 Å². The Hall–Kier alpha value is -2.80. The zero-order valence-corrected chi connectivity index (χ0v) is 13.8. The van der Waals surface area contributed by atoms with Crippen LogP contribution in [-0.2, 0) is 17.6 Å². The van der Waals surface area contributed by atoms with E-state index in [2.05, 4.69) is 15.2 Å². The second-order valence-electron chi connectivity index (χ2n) is 5.20. The predicted octanol–water partition coefficient (Wildman–Crippen LogP) is 2.46. The number of ketones is 2. The Kier molecular flexibility index (Phi) is 4.81. The van der Waals surface area contributed by atoms with E-state index in [1.807, 2.05) is 35.0 Å². The topological polar surface area (TPSA) is 84.9 Å². The minimum absolute atomic E-state index is 0.0579. The molecule has 2 heterocycles. The molecule has 3 aromatic rings. The zero-order valence-electron chi connectivity index (χ0n) is 13.0. The van der Waals surface area contributed by atoms with Crippen LogP contribution < -0.4 is 4.74 Å². The number of thiophene rings is 1. The summed E-state index contributed by atoms with van der Waals surface area (Å²) in [5.41, 5.74) is 3.02. The number of carbonyl (C=O) groups is 2. The van der Waals surface area contributed by atoms with E-state index in [-0.39, 0.29) is 12.2 Å². The first-order valence-electron chi connectivity index (χ1n) is 7.27. The van der Waals surface area contributed by atoms with Crippen LogP contribution in [0, 0.1) is 0 Å². The largest absolute Gasteiger partial charge is 0.497 e. The van der Waals surface area contributed by atoms with Crippen molar-refractivity contribution in [3.63, 3.8) is 0 Å². The van der Waals surface area contributed by atoms with Gasteiger partial charge in [0.15, 0.2) is 0 Å². The molecule has 0 fully saturated rings. The molecule has 0 aliphatic rings. The molecule has 122 valence electrons. The number of methoxy groups -OCH3 is 1. The Morgan fingerprint density at radius 1 is 1.17 bits per heavy atom. The maximum atomic E-state index is 12.1. The maximum Gasteiger partial charge on any atom is 0.267 e. The van der Waals surface area contributed by atoms with Crippen molar-refractivity contribution >= 4 is 22.9 Å². The zero-order chi connectivity index (χ0) is 16.9. The Labute approximate surface area is 142 Å². The van der Waals surface area contributed by atoms with Gasteiger partial charge in [0.2, 0.25) is 11.6 Å². The van der Waals surface area contributed by atoms with E-state index in [1.54, 1.807) is 7.11 Å². The van der Waals surface area contributed by atoms with Crippen LogP contribution >= 0.6 is 11.3 Å². The fraction of sp³-hybridized carbons (Fsp3) is 0.176. The Morgan fingerprint density at radius 3 is 2.58 bits per heavy atom. The summed E-state index contributed by atoms with van der Waals surface area (Å²) in [7, 11) is 1.63. The fourth-order valence-corrected chi connectivity index (χ4v) is 3.19. The van der Waals surface area contributed by atoms with Crippen molar-refractivity contribution < 1.29 is 14.3 Å². The van der Waals surface area contributed by atoms with Crippen LogP contribution in [0.2, 0.25) is 0 Å². The Morgan fingerprint density at radius 2 is 1.92 bits per heavy atom. The molecule has 1 N–H and O–H groups in total. The SMILES string of the molecule is COc1ccc(Cc2cscc2CC(=O)C(=O)c2nc[nH]n2)cc1. The van der Waals surface area contributed by atoms with Crippen molar-refractivity contribution in [2.75, 3.05) is 7.11 Å². The molecule has 7 heteroatoms. The lowest BCUT2D eigenvalue weighted by Crippen LogP contribution is -2.18. The number of hydrogen-bond acceptors (Lipinski definition) is 6. The van der Waals surface area contributed by atoms with Gasteiger partial charge in [-0.25, -0.2) is 4.98 Å². The van der Waals surface area contributed by atoms with E-state index in [1.165, 1.54) is 17.7 Å². The average Bonchev–Trinajstić information content (AvgIpc) is 3.27. The highest BCUT2D eigenvalue weighted by Gasteiger charge is 2.21. The van der Waals surface area contributed by atoms with Gasteiger partial charge in [0.1, 0.15) is 12.1 Å². The van der Waals surface area contributed by atoms with Gasteiger partial charge < -0.3 is 4.74 Å². The number of aromatic amines is 1. The van der Waals surface area contributed by atoms with Gasteiger partial charge in [-0.15, -0.1) is 5.10 Å². The summed E-state index contributed by atoms with van der Waals surface area (Å²) in [6.45, 7) is 0. The van der Waals surface area contributed by atoms with Crippen LogP contribution in [0.3, 0.4) is 0 Å². The summed E-state index contributed by atoms with van der Waals surface area (Å²) >= 11 is 1.52. The molecule has 0 aliphatic heterocycles. The van der Waals surface area contributed by atoms with Crippen molar-refractivity contribution in [2.24, 2.45) is 0 Å². The Balaban J connectivity index is 1.70. The third-order valence-corrected chi connectivity index (χ3v) is 4.45. The normalized spacial score (nSPS) is 10.5. The monoisotopic (exact) mass is 341 g/mol. The van der Waals surface area contributed by atoms with Crippen molar-refractivity contribution in [3.05, 3.63) is 63.9 Å². The van der Waals surface area contributed by atoms with Crippen LogP contribution in [0.4, 0.5) is 0 Å². The molecule has 0 amide bonds. The summed E-state index contributed by atoms with van der Waals surface area (Å²) in [6, 6.07) is 7.78. The van der Waals surface area contributed by atoms with Gasteiger partial charge in [0.05, 0.1) is 7.11 Å². The first-order valence-corrected chi connectivity index (χ1v) is 8.22. The molecule has 6 nitrogen and oxygen atoms in total. The second-order valence-corrected chi connectivity index (χ2v) is 5.94. The van der Waals surface area contributed by atoms with Gasteiger partial charge in [0, 0.05) is 6.42 Å². The molecule has 0 radical (unpaired) electrons. The van der Waals surface area contributed by atoms with Gasteiger partial charge in [-0.1, -0.05) is 12.1 Å². The number of aromatic nitrogens is 3. The highest BCUT2D eigenvalue weighted by atomic mass is 32.1. The highest BCUT2D eigenvalue weighted by molar-refractivity contribution is 7.08. The smallest absolute Gasteiger partial charge is 0.267 e. The molecule has 2 aromatic heterocycles. The summed E-state index contributed by atoms with van der Waals surface area (Å²) in [4.78, 5) is 27.8. The summed E-state index contributed by atoms with van der Waals surface area (Å²) in [5.74, 6) is -0.467. The molecule has 0 atom stereocenters. The quantitative estimate of drug-likeness (QED) is 0.527. The molecule has 0 spiro atoms. The third-order valence-electron chi connectivity index (χ3n) is 3.61. The summed E-state index contributed by atoms with van der Waals surface area (Å²) in [5, 5.41) is 10.0. The molecule has 3 rings (SSSR count). The maximum absolute atomic E-state index is 12.1. The van der Waals surface area contributed by atoms with E-state index >= 15 is 0 Å². The van der Waals surface area contributed by atoms with Crippen LogP contribution in [-0.4, -0.2) is 33.9 Å². The molecule has 0 bridgehead atoms. The van der Waals surface area contributed by atoms with Crippen LogP contribution in [0.25, 0.3) is 0 Å². The lowest BCUT2D eigenvalue weighted by molar-refractivity contribution is -0.114. The lowest BCUT2D eigenvalue weighted by atomic mass is 10.00. The summed E-state index contributed by atoms with van der Waals surface area (Å²) in [6.07, 6.45) is 2.04. The fourth-order valence-electron chi connectivity index (χ4n) is 2.32. The summed E-state index contributed by atoms with van der Waals surface area (Å²) < 4.78 is 5.15. The second kappa shape index (κ2) is 7.18. The van der Waals surface area contributed by atoms with E-state index in [0.29, 0.717) is 6.42 Å². The van der Waals surface area contributed by atoms with Gasteiger partial charge >= 0.3 is 0 Å². The molecule has 24 heavy (non-hydrogen) atoms. The third kappa shape index (κ3) is 3.57. The number of H-pyrrole nitrogens is 1. The number of nitrogens with one attached hydrogen (secondary N) is 1. The molecular formula is C17H15N3O3S. The Bertz CT molecular complexity index is 838. The molecule has 1 aromatic carbocycles. The van der Waals surface area contributed by atoms with Gasteiger partial charge in [-0.2, -0.15) is 11.3 Å². The highest BCUT2D eigenvalue weighted by Crippen LogP contribution is 2.21. The standard InChI is InChI=1S/C17H15N3O3S/c1-23-14-4-2-11(3-5-14)6-12-8-24-9-13(12)7-15(21)16(22)17-18-10-19-20-17/h2-5,8-10H,6-7H2,1H3,(H,18,19,20). The molecule has 0 saturated carbocycles. The number of hydrogen-bond donors (Lipinski definition) is 1. The van der Waals surface area contributed by atoms with E-state index in [4.69, 9.17) is 4.74 Å². The van der Waals surface area contributed by atoms with E-state index in [9.17, 15) is 9.59 Å². The number of rotatable bonds is 7. The number of ether oxygens (including phenoxy) is 1. The number of carbonyl (C=O) groups excluding carboxylic acids is 2. The average molecular weight is 341 g/mol. The molecule has 0 aliphatic carbocycles. The van der Waals surface area contributed by atoms with Crippen molar-refractivity contribution in [3.8, 4) is 5.75 Å². The van der Waals surface area contributed by atoms with Gasteiger partial charge in [-0.05, 0) is 46.0 Å². The first-order chi connectivity index (χ1) is 11.7. The van der Waals surface area contributed by atoms with Crippen molar-refractivity contribution in [1.82, 2.24) is 15.2 Å². The molecule has 0 unspecified atom stereocenters.